The Morgan fingerprint density at radius 1 is 0.951 bits per heavy atom. The molecule has 2 aliphatic carbocycles. The van der Waals surface area contributed by atoms with Crippen molar-refractivity contribution in [2.24, 2.45) is 0 Å². The van der Waals surface area contributed by atoms with Gasteiger partial charge in [-0.2, -0.15) is 0 Å². The molecule has 3 aliphatic rings. The Hall–Kier alpha value is -4.14. The maximum atomic E-state index is 14.0. The molecule has 0 bridgehead atoms. The molecule has 2 unspecified atom stereocenters. The van der Waals surface area contributed by atoms with Gasteiger partial charge in [0, 0.05) is 40.9 Å². The number of ether oxygens (including phenoxy) is 3. The lowest BCUT2D eigenvalue weighted by molar-refractivity contribution is -0.385. The van der Waals surface area contributed by atoms with Gasteiger partial charge in [-0.1, -0.05) is 24.6 Å². The van der Waals surface area contributed by atoms with Gasteiger partial charge in [-0.05, 0) is 75.1 Å². The van der Waals surface area contributed by atoms with Gasteiger partial charge in [-0.25, -0.2) is 4.79 Å². The summed E-state index contributed by atoms with van der Waals surface area (Å²) in [4.78, 5) is 39.1. The molecule has 9 heteroatoms. The molecule has 1 saturated carbocycles. The van der Waals surface area contributed by atoms with Gasteiger partial charge in [-0.15, -0.1) is 0 Å². The first kappa shape index (κ1) is 28.4. The van der Waals surface area contributed by atoms with Crippen LogP contribution in [0.2, 0.25) is 0 Å². The SMILES string of the molecule is COc1ccc(C2CC(=O)C3=C(C2)NC(C)=C(C(=O)OC2CCCCC2)C3c2ccc(C)c([N+](=O)[O-])c2)cc1OC. The third kappa shape index (κ3) is 5.58. The van der Waals surface area contributed by atoms with Crippen molar-refractivity contribution in [1.82, 2.24) is 5.32 Å². The number of hydrogen-bond donors (Lipinski definition) is 1. The van der Waals surface area contributed by atoms with E-state index in [1.165, 1.54) is 6.07 Å². The van der Waals surface area contributed by atoms with Gasteiger partial charge >= 0.3 is 5.97 Å². The van der Waals surface area contributed by atoms with E-state index in [1.807, 2.05) is 18.2 Å². The summed E-state index contributed by atoms with van der Waals surface area (Å²) in [6, 6.07) is 10.6. The first-order chi connectivity index (χ1) is 19.7. The number of nitro groups is 1. The number of benzene rings is 2. The summed E-state index contributed by atoms with van der Waals surface area (Å²) in [5.41, 5.74) is 4.07. The number of Topliss-reactive ketones (excluding diaryl/α,β-unsaturated/α-hetero) is 1. The lowest BCUT2D eigenvalue weighted by Gasteiger charge is -2.37. The van der Waals surface area contributed by atoms with Crippen LogP contribution in [0.1, 0.15) is 80.4 Å². The van der Waals surface area contributed by atoms with Gasteiger partial charge in [-0.3, -0.25) is 14.9 Å². The highest BCUT2D eigenvalue weighted by Gasteiger charge is 2.42. The Bertz CT molecular complexity index is 1450. The molecule has 0 radical (unpaired) electrons. The van der Waals surface area contributed by atoms with Crippen LogP contribution in [0.4, 0.5) is 5.69 Å². The Morgan fingerprint density at radius 2 is 1.66 bits per heavy atom. The zero-order valence-corrected chi connectivity index (χ0v) is 24.0. The number of esters is 1. The van der Waals surface area contributed by atoms with E-state index in [0.717, 1.165) is 43.4 Å². The molecule has 41 heavy (non-hydrogen) atoms. The highest BCUT2D eigenvalue weighted by molar-refractivity contribution is 6.04. The Labute approximate surface area is 239 Å². The standard InChI is InChI=1S/C32H36N2O7/c1-18-10-11-21(15-25(18)34(37)38)30-29(32(36)41-23-8-6-5-7-9-23)19(2)33-24-14-22(16-26(35)31(24)30)20-12-13-27(39-3)28(17-20)40-4/h10-13,15,17,22-23,30,33H,5-9,14,16H2,1-4H3. The van der Waals surface area contributed by atoms with Gasteiger partial charge in [0.25, 0.3) is 5.69 Å². The molecule has 1 aliphatic heterocycles. The third-order valence-electron chi connectivity index (χ3n) is 8.52. The number of rotatable bonds is 7. The molecule has 0 amide bonds. The molecule has 5 rings (SSSR count). The number of carbonyl (C=O) groups is 2. The Kier molecular flexibility index (Phi) is 8.15. The van der Waals surface area contributed by atoms with Gasteiger partial charge in [0.05, 0.1) is 24.7 Å². The summed E-state index contributed by atoms with van der Waals surface area (Å²) in [6.07, 6.45) is 5.35. The van der Waals surface area contributed by atoms with Crippen molar-refractivity contribution < 1.29 is 28.7 Å². The monoisotopic (exact) mass is 560 g/mol. The topological polar surface area (TPSA) is 117 Å². The fourth-order valence-electron chi connectivity index (χ4n) is 6.39. The first-order valence-corrected chi connectivity index (χ1v) is 14.1. The molecule has 1 heterocycles. The van der Waals surface area contributed by atoms with Crippen molar-refractivity contribution in [3.05, 3.63) is 85.7 Å². The number of hydrogen-bond acceptors (Lipinski definition) is 8. The summed E-state index contributed by atoms with van der Waals surface area (Å²) in [7, 11) is 3.15. The maximum absolute atomic E-state index is 14.0. The summed E-state index contributed by atoms with van der Waals surface area (Å²) in [5, 5.41) is 15.2. The maximum Gasteiger partial charge on any atom is 0.337 e. The fraction of sp³-hybridized carbons (Fsp3) is 0.438. The van der Waals surface area contributed by atoms with E-state index < -0.39 is 16.8 Å². The average molecular weight is 561 g/mol. The van der Waals surface area contributed by atoms with Crippen LogP contribution >= 0.6 is 0 Å². The molecule has 0 aromatic heterocycles. The van der Waals surface area contributed by atoms with Gasteiger partial charge in [0.2, 0.25) is 0 Å². The molecular weight excluding hydrogens is 524 g/mol. The predicted molar refractivity (Wildman–Crippen MR) is 153 cm³/mol. The normalized spacial score (nSPS) is 21.2. The summed E-state index contributed by atoms with van der Waals surface area (Å²) >= 11 is 0. The van der Waals surface area contributed by atoms with Crippen molar-refractivity contribution in [2.75, 3.05) is 14.2 Å². The number of ketones is 1. The fourth-order valence-corrected chi connectivity index (χ4v) is 6.39. The van der Waals surface area contributed by atoms with Crippen LogP contribution in [0.15, 0.2) is 58.9 Å². The molecule has 2 atom stereocenters. The first-order valence-electron chi connectivity index (χ1n) is 14.1. The number of dihydropyridines is 1. The van der Waals surface area contributed by atoms with Crippen LogP contribution in [0.5, 0.6) is 11.5 Å². The van der Waals surface area contributed by atoms with Crippen molar-refractivity contribution in [1.29, 1.82) is 0 Å². The van der Waals surface area contributed by atoms with Crippen molar-refractivity contribution in [3.8, 4) is 11.5 Å². The van der Waals surface area contributed by atoms with Gasteiger partial charge in [0.15, 0.2) is 17.3 Å². The number of aryl methyl sites for hydroxylation is 1. The van der Waals surface area contributed by atoms with Crippen LogP contribution < -0.4 is 14.8 Å². The molecule has 0 spiro atoms. The van der Waals surface area contributed by atoms with E-state index >= 15 is 0 Å². The van der Waals surface area contributed by atoms with Crippen LogP contribution in [-0.2, 0) is 14.3 Å². The minimum absolute atomic E-state index is 0.0488. The molecular formula is C32H36N2O7. The number of methoxy groups -OCH3 is 2. The lowest BCUT2D eigenvalue weighted by atomic mass is 9.71. The summed E-state index contributed by atoms with van der Waals surface area (Å²) in [6.45, 7) is 3.48. The van der Waals surface area contributed by atoms with E-state index in [0.29, 0.717) is 45.9 Å². The van der Waals surface area contributed by atoms with Crippen molar-refractivity contribution >= 4 is 17.4 Å². The second-order valence-corrected chi connectivity index (χ2v) is 11.1. The molecule has 1 N–H and O–H groups in total. The number of nitrogens with zero attached hydrogens (tertiary/aromatic N) is 1. The van der Waals surface area contributed by atoms with E-state index in [1.54, 1.807) is 40.2 Å². The number of allylic oxidation sites excluding steroid dienone is 3. The van der Waals surface area contributed by atoms with Crippen LogP contribution in [0.3, 0.4) is 0 Å². The van der Waals surface area contributed by atoms with Crippen molar-refractivity contribution in [3.63, 3.8) is 0 Å². The van der Waals surface area contributed by atoms with E-state index in [2.05, 4.69) is 5.32 Å². The Morgan fingerprint density at radius 3 is 2.34 bits per heavy atom. The predicted octanol–water partition coefficient (Wildman–Crippen LogP) is 6.16. The molecule has 1 fully saturated rings. The highest BCUT2D eigenvalue weighted by Crippen LogP contribution is 2.47. The highest BCUT2D eigenvalue weighted by atomic mass is 16.6. The Balaban J connectivity index is 1.56. The second-order valence-electron chi connectivity index (χ2n) is 11.1. The van der Waals surface area contributed by atoms with E-state index in [4.69, 9.17) is 14.2 Å². The van der Waals surface area contributed by atoms with Gasteiger partial charge in [0.1, 0.15) is 6.10 Å². The molecule has 216 valence electrons. The van der Waals surface area contributed by atoms with Gasteiger partial charge < -0.3 is 19.5 Å². The number of nitro benzene ring substituents is 1. The number of carbonyl (C=O) groups excluding carboxylic acids is 2. The van der Waals surface area contributed by atoms with Crippen LogP contribution in [-0.4, -0.2) is 37.0 Å². The second kappa shape index (κ2) is 11.8. The number of nitrogens with one attached hydrogen (secondary N) is 1. The minimum atomic E-state index is -0.763. The third-order valence-corrected chi connectivity index (χ3v) is 8.52. The quantitative estimate of drug-likeness (QED) is 0.243. The van der Waals surface area contributed by atoms with Crippen molar-refractivity contribution in [2.45, 2.75) is 76.7 Å². The smallest absolute Gasteiger partial charge is 0.337 e. The zero-order valence-electron chi connectivity index (χ0n) is 24.0. The average Bonchev–Trinajstić information content (AvgIpc) is 2.96. The molecule has 2 aromatic carbocycles. The van der Waals surface area contributed by atoms with E-state index in [9.17, 15) is 19.7 Å². The molecule has 9 nitrogen and oxygen atoms in total. The molecule has 0 saturated heterocycles. The van der Waals surface area contributed by atoms with Crippen LogP contribution in [0, 0.1) is 17.0 Å². The van der Waals surface area contributed by atoms with E-state index in [-0.39, 0.29) is 29.9 Å². The largest absolute Gasteiger partial charge is 0.493 e. The zero-order chi connectivity index (χ0) is 29.3. The van der Waals surface area contributed by atoms with Crippen LogP contribution in [0.25, 0.3) is 0 Å². The summed E-state index contributed by atoms with van der Waals surface area (Å²) in [5.74, 6) is -0.276. The lowest BCUT2D eigenvalue weighted by Crippen LogP contribution is -2.37. The summed E-state index contributed by atoms with van der Waals surface area (Å²) < 4.78 is 16.8. The minimum Gasteiger partial charge on any atom is -0.493 e. The molecule has 2 aromatic rings.